The Bertz CT molecular complexity index is 557. The van der Waals surface area contributed by atoms with Crippen LogP contribution in [0.5, 0.6) is 0 Å². The van der Waals surface area contributed by atoms with Crippen molar-refractivity contribution in [3.63, 3.8) is 0 Å². The van der Waals surface area contributed by atoms with E-state index in [9.17, 15) is 8.78 Å². The molecule has 0 spiro atoms. The van der Waals surface area contributed by atoms with Gasteiger partial charge in [-0.1, -0.05) is 6.92 Å². The van der Waals surface area contributed by atoms with E-state index in [0.717, 1.165) is 31.2 Å². The van der Waals surface area contributed by atoms with Gasteiger partial charge in [0, 0.05) is 0 Å². The van der Waals surface area contributed by atoms with Gasteiger partial charge in [-0.2, -0.15) is 0 Å². The highest BCUT2D eigenvalue weighted by atomic mass is 19.1. The highest BCUT2D eigenvalue weighted by Gasteiger charge is 2.17. The molecule has 0 aliphatic heterocycles. The van der Waals surface area contributed by atoms with E-state index >= 15 is 0 Å². The second-order valence-electron chi connectivity index (χ2n) is 4.25. The maximum atomic E-state index is 13.6. The molecule has 0 saturated heterocycles. The Balaban J connectivity index is 2.23. The Morgan fingerprint density at radius 1 is 1.32 bits per heavy atom. The highest BCUT2D eigenvalue weighted by molar-refractivity contribution is 5.53. The van der Waals surface area contributed by atoms with Crippen molar-refractivity contribution in [3.8, 4) is 11.5 Å². The third kappa shape index (κ3) is 3.14. The van der Waals surface area contributed by atoms with Crippen molar-refractivity contribution in [2.45, 2.75) is 26.3 Å². The zero-order valence-corrected chi connectivity index (χ0v) is 10.8. The maximum absolute atomic E-state index is 13.6. The fourth-order valence-corrected chi connectivity index (χ4v) is 1.63. The van der Waals surface area contributed by atoms with Gasteiger partial charge in [0.25, 0.3) is 5.89 Å². The summed E-state index contributed by atoms with van der Waals surface area (Å²) in [5.41, 5.74) is -0.0264. The summed E-state index contributed by atoms with van der Waals surface area (Å²) >= 11 is 0. The van der Waals surface area contributed by atoms with Crippen LogP contribution < -0.4 is 5.32 Å². The molecule has 0 saturated carbocycles. The minimum Gasteiger partial charge on any atom is -0.419 e. The van der Waals surface area contributed by atoms with Gasteiger partial charge in [0.15, 0.2) is 0 Å². The molecule has 1 aromatic carbocycles. The molecule has 1 aromatic heterocycles. The lowest BCUT2D eigenvalue weighted by Crippen LogP contribution is -2.19. The van der Waals surface area contributed by atoms with Gasteiger partial charge in [-0.15, -0.1) is 10.2 Å². The molecule has 0 radical (unpaired) electrons. The van der Waals surface area contributed by atoms with E-state index in [1.165, 1.54) is 0 Å². The van der Waals surface area contributed by atoms with Gasteiger partial charge in [-0.3, -0.25) is 0 Å². The monoisotopic (exact) mass is 267 g/mol. The Hall–Kier alpha value is -1.82. The standard InChI is InChI=1S/C13H15F2N3O/c1-3-6-16-8(2)12-17-18-13(19-12)10-7-9(14)4-5-11(10)15/h4-5,7-8,16H,3,6H2,1-2H3. The lowest BCUT2D eigenvalue weighted by Gasteiger charge is -2.07. The zero-order chi connectivity index (χ0) is 13.8. The van der Waals surface area contributed by atoms with E-state index in [-0.39, 0.29) is 17.5 Å². The number of hydrogen-bond donors (Lipinski definition) is 1. The van der Waals surface area contributed by atoms with Crippen LogP contribution in [0.3, 0.4) is 0 Å². The summed E-state index contributed by atoms with van der Waals surface area (Å²) in [4.78, 5) is 0. The average molecular weight is 267 g/mol. The molecule has 0 amide bonds. The first-order valence-corrected chi connectivity index (χ1v) is 6.14. The summed E-state index contributed by atoms with van der Waals surface area (Å²) in [5.74, 6) is -0.802. The van der Waals surface area contributed by atoms with Gasteiger partial charge in [-0.25, -0.2) is 8.78 Å². The van der Waals surface area contributed by atoms with Crippen LogP contribution in [0.25, 0.3) is 11.5 Å². The van der Waals surface area contributed by atoms with E-state index in [0.29, 0.717) is 5.89 Å². The number of rotatable bonds is 5. The fourth-order valence-electron chi connectivity index (χ4n) is 1.63. The molecule has 1 atom stereocenters. The molecule has 4 nitrogen and oxygen atoms in total. The number of halogens is 2. The van der Waals surface area contributed by atoms with E-state index < -0.39 is 11.6 Å². The zero-order valence-electron chi connectivity index (χ0n) is 10.8. The van der Waals surface area contributed by atoms with Crippen LogP contribution in [0.2, 0.25) is 0 Å². The second-order valence-corrected chi connectivity index (χ2v) is 4.25. The quantitative estimate of drug-likeness (QED) is 0.904. The Kier molecular flexibility index (Phi) is 4.21. The normalized spacial score (nSPS) is 12.6. The van der Waals surface area contributed by atoms with Gasteiger partial charge < -0.3 is 9.73 Å². The van der Waals surface area contributed by atoms with Crippen molar-refractivity contribution >= 4 is 0 Å². The van der Waals surface area contributed by atoms with Crippen LogP contribution in [-0.2, 0) is 0 Å². The Morgan fingerprint density at radius 2 is 2.11 bits per heavy atom. The van der Waals surface area contributed by atoms with Crippen LogP contribution in [0.15, 0.2) is 22.6 Å². The summed E-state index contributed by atoms with van der Waals surface area (Å²) in [7, 11) is 0. The van der Waals surface area contributed by atoms with E-state index in [2.05, 4.69) is 15.5 Å². The number of hydrogen-bond acceptors (Lipinski definition) is 4. The predicted octanol–water partition coefficient (Wildman–Crippen LogP) is 3.08. The minimum atomic E-state index is -0.592. The van der Waals surface area contributed by atoms with Crippen LogP contribution in [0.1, 0.15) is 32.2 Å². The first-order valence-electron chi connectivity index (χ1n) is 6.14. The van der Waals surface area contributed by atoms with Gasteiger partial charge in [0.1, 0.15) is 11.6 Å². The SMILES string of the molecule is CCCNC(C)c1nnc(-c2cc(F)ccc2F)o1. The molecular formula is C13H15F2N3O. The molecule has 0 aliphatic rings. The molecule has 6 heteroatoms. The summed E-state index contributed by atoms with van der Waals surface area (Å²) in [6, 6.07) is 2.99. The van der Waals surface area contributed by atoms with Gasteiger partial charge >= 0.3 is 0 Å². The third-order valence-electron chi connectivity index (χ3n) is 2.67. The maximum Gasteiger partial charge on any atom is 0.250 e. The first-order chi connectivity index (χ1) is 9.11. The summed E-state index contributed by atoms with van der Waals surface area (Å²) < 4.78 is 32.0. The van der Waals surface area contributed by atoms with Gasteiger partial charge in [-0.05, 0) is 38.1 Å². The van der Waals surface area contributed by atoms with Gasteiger partial charge in [0.05, 0.1) is 11.6 Å². The molecule has 0 bridgehead atoms. The molecule has 1 heterocycles. The van der Waals surface area contributed by atoms with Crippen molar-refractivity contribution < 1.29 is 13.2 Å². The summed E-state index contributed by atoms with van der Waals surface area (Å²) in [6.07, 6.45) is 0.976. The molecule has 0 aliphatic carbocycles. The van der Waals surface area contributed by atoms with Crippen LogP contribution in [0.4, 0.5) is 8.78 Å². The molecular weight excluding hydrogens is 252 g/mol. The van der Waals surface area contributed by atoms with Crippen molar-refractivity contribution in [2.24, 2.45) is 0 Å². The number of nitrogens with zero attached hydrogens (tertiary/aromatic N) is 2. The van der Waals surface area contributed by atoms with Crippen LogP contribution in [0, 0.1) is 11.6 Å². The molecule has 1 N–H and O–H groups in total. The molecule has 19 heavy (non-hydrogen) atoms. The van der Waals surface area contributed by atoms with Crippen molar-refractivity contribution in [2.75, 3.05) is 6.54 Å². The molecule has 2 aromatic rings. The minimum absolute atomic E-state index is 0.0165. The molecule has 0 fully saturated rings. The lowest BCUT2D eigenvalue weighted by atomic mass is 10.2. The Morgan fingerprint density at radius 3 is 2.84 bits per heavy atom. The largest absolute Gasteiger partial charge is 0.419 e. The van der Waals surface area contributed by atoms with Crippen molar-refractivity contribution in [1.29, 1.82) is 0 Å². The summed E-state index contributed by atoms with van der Waals surface area (Å²) in [5, 5.41) is 10.8. The average Bonchev–Trinajstić information content (AvgIpc) is 2.88. The smallest absolute Gasteiger partial charge is 0.250 e. The Labute approximate surface area is 109 Å². The number of aromatic nitrogens is 2. The van der Waals surface area contributed by atoms with Crippen molar-refractivity contribution in [1.82, 2.24) is 15.5 Å². The third-order valence-corrected chi connectivity index (χ3v) is 2.67. The van der Waals surface area contributed by atoms with Crippen LogP contribution in [-0.4, -0.2) is 16.7 Å². The highest BCUT2D eigenvalue weighted by Crippen LogP contribution is 2.24. The van der Waals surface area contributed by atoms with E-state index in [4.69, 9.17) is 4.42 Å². The van der Waals surface area contributed by atoms with Crippen LogP contribution >= 0.6 is 0 Å². The number of benzene rings is 1. The first kappa shape index (κ1) is 13.6. The van der Waals surface area contributed by atoms with E-state index in [1.54, 1.807) is 0 Å². The molecule has 2 rings (SSSR count). The molecule has 102 valence electrons. The predicted molar refractivity (Wildman–Crippen MR) is 66.4 cm³/mol. The number of nitrogens with one attached hydrogen (secondary N) is 1. The van der Waals surface area contributed by atoms with Gasteiger partial charge in [0.2, 0.25) is 5.89 Å². The van der Waals surface area contributed by atoms with Crippen molar-refractivity contribution in [3.05, 3.63) is 35.7 Å². The second kappa shape index (κ2) is 5.88. The topological polar surface area (TPSA) is 51.0 Å². The fraction of sp³-hybridized carbons (Fsp3) is 0.385. The van der Waals surface area contributed by atoms with E-state index in [1.807, 2.05) is 13.8 Å². The lowest BCUT2D eigenvalue weighted by molar-refractivity contribution is 0.421. The molecule has 1 unspecified atom stereocenters. The summed E-state index contributed by atoms with van der Waals surface area (Å²) in [6.45, 7) is 4.73.